The molecular formula is C17H21FN2O3. The van der Waals surface area contributed by atoms with Crippen molar-refractivity contribution in [1.82, 2.24) is 10.2 Å². The van der Waals surface area contributed by atoms with E-state index < -0.39 is 5.41 Å². The number of rotatable bonds is 3. The number of carbonyl (C=O) groups is 2. The highest BCUT2D eigenvalue weighted by atomic mass is 19.1. The van der Waals surface area contributed by atoms with Crippen LogP contribution in [0.5, 0.6) is 0 Å². The molecule has 1 aromatic carbocycles. The van der Waals surface area contributed by atoms with Crippen molar-refractivity contribution in [1.29, 1.82) is 0 Å². The highest BCUT2D eigenvalue weighted by Crippen LogP contribution is 2.41. The van der Waals surface area contributed by atoms with E-state index in [1.807, 2.05) is 13.0 Å². The molecule has 2 aliphatic rings. The van der Waals surface area contributed by atoms with E-state index in [1.165, 1.54) is 19.2 Å². The molecule has 0 radical (unpaired) electrons. The van der Waals surface area contributed by atoms with Gasteiger partial charge in [-0.05, 0) is 37.5 Å². The largest absolute Gasteiger partial charge is 0.469 e. The molecule has 0 aromatic heterocycles. The summed E-state index contributed by atoms with van der Waals surface area (Å²) in [5.41, 5.74) is 0.286. The Morgan fingerprint density at radius 3 is 2.91 bits per heavy atom. The summed E-state index contributed by atoms with van der Waals surface area (Å²) in [5.74, 6) is -0.367. The minimum Gasteiger partial charge on any atom is -0.469 e. The second-order valence-electron chi connectivity index (χ2n) is 6.68. The second-order valence-corrected chi connectivity index (χ2v) is 6.68. The van der Waals surface area contributed by atoms with E-state index in [2.05, 4.69) is 5.32 Å². The van der Waals surface area contributed by atoms with Gasteiger partial charge < -0.3 is 15.0 Å². The highest BCUT2D eigenvalue weighted by molar-refractivity contribution is 5.81. The molecule has 6 heteroatoms. The van der Waals surface area contributed by atoms with Gasteiger partial charge in [-0.25, -0.2) is 9.18 Å². The lowest BCUT2D eigenvalue weighted by molar-refractivity contribution is -0.150. The number of amides is 2. The van der Waals surface area contributed by atoms with Crippen LogP contribution in [-0.2, 0) is 9.53 Å². The van der Waals surface area contributed by atoms with Crippen molar-refractivity contribution in [2.24, 2.45) is 5.41 Å². The van der Waals surface area contributed by atoms with Crippen LogP contribution in [0.4, 0.5) is 9.18 Å². The lowest BCUT2D eigenvalue weighted by Crippen LogP contribution is -2.42. The molecule has 1 aliphatic heterocycles. The van der Waals surface area contributed by atoms with Gasteiger partial charge in [0.2, 0.25) is 0 Å². The number of likely N-dealkylation sites (tertiary alicyclic amines) is 1. The van der Waals surface area contributed by atoms with Gasteiger partial charge in [0.15, 0.2) is 0 Å². The number of urea groups is 1. The van der Waals surface area contributed by atoms with Crippen LogP contribution in [0, 0.1) is 11.2 Å². The van der Waals surface area contributed by atoms with Crippen LogP contribution in [0.1, 0.15) is 31.2 Å². The molecule has 1 heterocycles. The Morgan fingerprint density at radius 1 is 1.43 bits per heavy atom. The summed E-state index contributed by atoms with van der Waals surface area (Å²) in [5, 5.41) is 2.97. The standard InChI is InChI=1S/C17H21FN2O3/c1-17(15(21)23-2)6-7-20(10-17)16(22)19-14-9-13(14)11-4-3-5-12(18)8-11/h3-5,8,13-14H,6-7,9-10H2,1-2H3,(H,19,22)/t13-,14-,17-/m1/s1. The highest BCUT2D eigenvalue weighted by Gasteiger charge is 2.45. The number of carbonyl (C=O) groups excluding carboxylic acids is 2. The fraction of sp³-hybridized carbons (Fsp3) is 0.529. The summed E-state index contributed by atoms with van der Waals surface area (Å²) < 4.78 is 18.1. The van der Waals surface area contributed by atoms with Gasteiger partial charge in [-0.2, -0.15) is 0 Å². The third-order valence-electron chi connectivity index (χ3n) is 4.81. The molecule has 1 N–H and O–H groups in total. The lowest BCUT2D eigenvalue weighted by Gasteiger charge is -2.22. The summed E-state index contributed by atoms with van der Waals surface area (Å²) in [6, 6.07) is 6.36. The minimum absolute atomic E-state index is 0.0364. The summed E-state index contributed by atoms with van der Waals surface area (Å²) in [6.07, 6.45) is 1.42. The van der Waals surface area contributed by atoms with Crippen LogP contribution < -0.4 is 5.32 Å². The van der Waals surface area contributed by atoms with Crippen molar-refractivity contribution in [2.45, 2.75) is 31.7 Å². The Hall–Kier alpha value is -2.11. The van der Waals surface area contributed by atoms with Gasteiger partial charge in [-0.1, -0.05) is 12.1 Å². The number of esters is 1. The second kappa shape index (κ2) is 5.83. The van der Waals surface area contributed by atoms with Crippen molar-refractivity contribution in [3.63, 3.8) is 0 Å². The summed E-state index contributed by atoms with van der Waals surface area (Å²) >= 11 is 0. The van der Waals surface area contributed by atoms with Crippen LogP contribution in [-0.4, -0.2) is 43.1 Å². The van der Waals surface area contributed by atoms with E-state index >= 15 is 0 Å². The number of hydrogen-bond acceptors (Lipinski definition) is 3. The number of benzene rings is 1. The van der Waals surface area contributed by atoms with Gasteiger partial charge in [-0.3, -0.25) is 4.79 Å². The molecule has 1 saturated carbocycles. The number of methoxy groups -OCH3 is 1. The maximum absolute atomic E-state index is 13.2. The van der Waals surface area contributed by atoms with Gasteiger partial charge in [-0.15, -0.1) is 0 Å². The number of halogens is 1. The first-order chi connectivity index (χ1) is 10.9. The van der Waals surface area contributed by atoms with Crippen LogP contribution in [0.15, 0.2) is 24.3 Å². The minimum atomic E-state index is -0.627. The Bertz CT molecular complexity index is 636. The average Bonchev–Trinajstić information content (AvgIpc) is 3.18. The Labute approximate surface area is 134 Å². The molecule has 1 aliphatic carbocycles. The first-order valence-electron chi connectivity index (χ1n) is 7.82. The first-order valence-corrected chi connectivity index (χ1v) is 7.82. The van der Waals surface area contributed by atoms with E-state index in [1.54, 1.807) is 11.0 Å². The molecule has 0 spiro atoms. The number of hydrogen-bond donors (Lipinski definition) is 1. The quantitative estimate of drug-likeness (QED) is 0.869. The van der Waals surface area contributed by atoms with Crippen molar-refractivity contribution < 1.29 is 18.7 Å². The normalized spacial score (nSPS) is 29.3. The lowest BCUT2D eigenvalue weighted by atomic mass is 9.90. The van der Waals surface area contributed by atoms with E-state index in [4.69, 9.17) is 4.74 Å². The predicted octanol–water partition coefficient (Wildman–Crippen LogP) is 2.28. The van der Waals surface area contributed by atoms with Crippen LogP contribution in [0.25, 0.3) is 0 Å². The van der Waals surface area contributed by atoms with Crippen molar-refractivity contribution in [2.75, 3.05) is 20.2 Å². The fourth-order valence-electron chi connectivity index (χ4n) is 3.26. The fourth-order valence-corrected chi connectivity index (χ4v) is 3.26. The van der Waals surface area contributed by atoms with Crippen molar-refractivity contribution >= 4 is 12.0 Å². The van der Waals surface area contributed by atoms with E-state index in [0.717, 1.165) is 12.0 Å². The first kappa shape index (κ1) is 15.8. The SMILES string of the molecule is COC(=O)[C@]1(C)CCN(C(=O)N[C@@H]2C[C@@H]2c2cccc(F)c2)C1. The number of nitrogens with zero attached hydrogens (tertiary/aromatic N) is 1. The van der Waals surface area contributed by atoms with Crippen LogP contribution in [0.3, 0.4) is 0 Å². The van der Waals surface area contributed by atoms with Gasteiger partial charge >= 0.3 is 12.0 Å². The molecule has 5 nitrogen and oxygen atoms in total. The summed E-state index contributed by atoms with van der Waals surface area (Å²) in [7, 11) is 1.37. The van der Waals surface area contributed by atoms with E-state index in [0.29, 0.717) is 19.5 Å². The topological polar surface area (TPSA) is 58.6 Å². The van der Waals surface area contributed by atoms with Gasteiger partial charge in [0, 0.05) is 25.0 Å². The van der Waals surface area contributed by atoms with Crippen molar-refractivity contribution in [3.05, 3.63) is 35.6 Å². The molecular weight excluding hydrogens is 299 g/mol. The van der Waals surface area contributed by atoms with Gasteiger partial charge in [0.25, 0.3) is 0 Å². The Kier molecular flexibility index (Phi) is 4.00. The number of nitrogens with one attached hydrogen (secondary N) is 1. The van der Waals surface area contributed by atoms with Crippen LogP contribution >= 0.6 is 0 Å². The van der Waals surface area contributed by atoms with Crippen LogP contribution in [0.2, 0.25) is 0 Å². The molecule has 2 fully saturated rings. The Morgan fingerprint density at radius 2 is 2.22 bits per heavy atom. The maximum atomic E-state index is 13.2. The maximum Gasteiger partial charge on any atom is 0.317 e. The van der Waals surface area contributed by atoms with Crippen molar-refractivity contribution in [3.8, 4) is 0 Å². The zero-order chi connectivity index (χ0) is 16.6. The zero-order valence-corrected chi connectivity index (χ0v) is 13.3. The monoisotopic (exact) mass is 320 g/mol. The predicted molar refractivity (Wildman–Crippen MR) is 82.4 cm³/mol. The third-order valence-corrected chi connectivity index (χ3v) is 4.81. The summed E-state index contributed by atoms with van der Waals surface area (Å²) in [4.78, 5) is 25.8. The van der Waals surface area contributed by atoms with E-state index in [9.17, 15) is 14.0 Å². The van der Waals surface area contributed by atoms with E-state index in [-0.39, 0.29) is 29.8 Å². The molecule has 124 valence electrons. The molecule has 0 unspecified atom stereocenters. The Balaban J connectivity index is 1.55. The molecule has 23 heavy (non-hydrogen) atoms. The van der Waals surface area contributed by atoms with Gasteiger partial charge in [0.05, 0.1) is 12.5 Å². The molecule has 3 rings (SSSR count). The number of ether oxygens (including phenoxy) is 1. The average molecular weight is 320 g/mol. The molecule has 0 bridgehead atoms. The summed E-state index contributed by atoms with van der Waals surface area (Å²) in [6.45, 7) is 2.72. The zero-order valence-electron chi connectivity index (χ0n) is 13.3. The molecule has 2 amide bonds. The third kappa shape index (κ3) is 3.16. The molecule has 1 saturated heterocycles. The van der Waals surface area contributed by atoms with Gasteiger partial charge in [0.1, 0.15) is 5.82 Å². The molecule has 3 atom stereocenters. The molecule has 1 aromatic rings. The smallest absolute Gasteiger partial charge is 0.317 e.